The molecule has 1 atom stereocenters. The molecule has 3 heteroatoms. The number of rotatable bonds is 2. The lowest BCUT2D eigenvalue weighted by Gasteiger charge is -2.14. The number of halogens is 2. The van der Waals surface area contributed by atoms with E-state index in [1.165, 1.54) is 0 Å². The Hall–Kier alpha value is -1.09. The Balaban J connectivity index is 2.48. The first-order chi connectivity index (χ1) is 7.59. The van der Waals surface area contributed by atoms with Gasteiger partial charge in [-0.2, -0.15) is 0 Å². The highest BCUT2D eigenvalue weighted by atomic mass is 79.9. The molecule has 0 spiro atoms. The lowest BCUT2D eigenvalue weighted by molar-refractivity contribution is 0.518. The number of alkyl halides is 1. The normalized spacial score (nSPS) is 12.8. The Labute approximate surface area is 102 Å². The van der Waals surface area contributed by atoms with Crippen molar-refractivity contribution in [3.8, 4) is 0 Å². The largest absolute Gasteiger partial charge is 0.468 e. The maximum Gasteiger partial charge on any atom is 0.123 e. The topological polar surface area (TPSA) is 13.1 Å². The molecule has 0 aliphatic carbocycles. The number of hydrogen-bond donors (Lipinski definition) is 0. The molecule has 1 unspecified atom stereocenters. The average Bonchev–Trinajstić information content (AvgIpc) is 2.67. The van der Waals surface area contributed by atoms with Gasteiger partial charge in [0.2, 0.25) is 0 Å². The molecule has 0 saturated heterocycles. The molecule has 1 aromatic heterocycles. The van der Waals surface area contributed by atoms with Crippen molar-refractivity contribution in [3.63, 3.8) is 0 Å². The summed E-state index contributed by atoms with van der Waals surface area (Å²) in [6, 6.07) is 6.83. The highest BCUT2D eigenvalue weighted by molar-refractivity contribution is 9.09. The van der Waals surface area contributed by atoms with Crippen LogP contribution in [0.2, 0.25) is 0 Å². The maximum atomic E-state index is 13.2. The van der Waals surface area contributed by atoms with Crippen molar-refractivity contribution in [2.24, 2.45) is 0 Å². The summed E-state index contributed by atoms with van der Waals surface area (Å²) in [4.78, 5) is -0.0249. The fourth-order valence-electron chi connectivity index (χ4n) is 1.90. The number of hydrogen-bond acceptors (Lipinski definition) is 1. The molecule has 2 aromatic rings. The highest BCUT2D eigenvalue weighted by Gasteiger charge is 2.18. The Morgan fingerprint density at radius 3 is 2.38 bits per heavy atom. The zero-order valence-electron chi connectivity index (χ0n) is 9.13. The van der Waals surface area contributed by atoms with Crippen LogP contribution in [0, 0.1) is 19.7 Å². The summed E-state index contributed by atoms with van der Waals surface area (Å²) in [6.07, 6.45) is 1.64. The number of aryl methyl sites for hydroxylation is 2. The zero-order valence-corrected chi connectivity index (χ0v) is 10.7. The van der Waals surface area contributed by atoms with E-state index in [4.69, 9.17) is 4.42 Å². The van der Waals surface area contributed by atoms with E-state index < -0.39 is 0 Å². The van der Waals surface area contributed by atoms with Gasteiger partial charge in [-0.05, 0) is 54.8 Å². The Morgan fingerprint density at radius 1 is 1.25 bits per heavy atom. The van der Waals surface area contributed by atoms with Gasteiger partial charge in [0.1, 0.15) is 11.6 Å². The van der Waals surface area contributed by atoms with Crippen molar-refractivity contribution >= 4 is 15.9 Å². The molecule has 0 amide bonds. The second kappa shape index (κ2) is 4.42. The van der Waals surface area contributed by atoms with Crippen LogP contribution in [0.25, 0.3) is 0 Å². The minimum atomic E-state index is -0.196. The molecule has 0 radical (unpaired) electrons. The van der Waals surface area contributed by atoms with Crippen molar-refractivity contribution in [1.82, 2.24) is 0 Å². The van der Waals surface area contributed by atoms with Crippen LogP contribution in [0.5, 0.6) is 0 Å². The van der Waals surface area contributed by atoms with E-state index in [2.05, 4.69) is 15.9 Å². The lowest BCUT2D eigenvalue weighted by atomic mass is 9.98. The summed E-state index contributed by atoms with van der Waals surface area (Å²) in [5.41, 5.74) is 2.92. The van der Waals surface area contributed by atoms with Crippen molar-refractivity contribution in [2.45, 2.75) is 18.7 Å². The summed E-state index contributed by atoms with van der Waals surface area (Å²) >= 11 is 3.58. The molecule has 0 bridgehead atoms. The van der Waals surface area contributed by atoms with Crippen LogP contribution < -0.4 is 0 Å². The van der Waals surface area contributed by atoms with Crippen LogP contribution in [-0.4, -0.2) is 0 Å². The van der Waals surface area contributed by atoms with Gasteiger partial charge in [0.05, 0.1) is 11.1 Å². The second-order valence-electron chi connectivity index (χ2n) is 3.83. The van der Waals surface area contributed by atoms with Gasteiger partial charge in [-0.3, -0.25) is 0 Å². The van der Waals surface area contributed by atoms with Crippen molar-refractivity contribution in [2.75, 3.05) is 0 Å². The molecule has 16 heavy (non-hydrogen) atoms. The van der Waals surface area contributed by atoms with Gasteiger partial charge in [-0.25, -0.2) is 4.39 Å². The highest BCUT2D eigenvalue weighted by Crippen LogP contribution is 2.35. The average molecular weight is 283 g/mol. The van der Waals surface area contributed by atoms with E-state index in [-0.39, 0.29) is 10.6 Å². The predicted molar refractivity (Wildman–Crippen MR) is 65.4 cm³/mol. The molecule has 0 aliphatic rings. The third-order valence-corrected chi connectivity index (χ3v) is 3.51. The summed E-state index contributed by atoms with van der Waals surface area (Å²) in [7, 11) is 0. The van der Waals surface area contributed by atoms with Gasteiger partial charge in [0.15, 0.2) is 0 Å². The van der Waals surface area contributed by atoms with Gasteiger partial charge in [-0.15, -0.1) is 0 Å². The lowest BCUT2D eigenvalue weighted by Crippen LogP contribution is -1.99. The van der Waals surface area contributed by atoms with E-state index in [1.54, 1.807) is 18.4 Å². The zero-order chi connectivity index (χ0) is 11.7. The summed E-state index contributed by atoms with van der Waals surface area (Å²) < 4.78 is 18.5. The van der Waals surface area contributed by atoms with Gasteiger partial charge in [0, 0.05) is 0 Å². The molecular weight excluding hydrogens is 271 g/mol. The molecular formula is C13H12BrFO. The van der Waals surface area contributed by atoms with Gasteiger partial charge in [-0.1, -0.05) is 15.9 Å². The second-order valence-corrected chi connectivity index (χ2v) is 4.75. The molecule has 84 valence electrons. The third kappa shape index (κ3) is 2.05. The SMILES string of the molecule is Cc1cc(F)cc(C)c1C(Br)c1ccco1. The van der Waals surface area contributed by atoms with Crippen LogP contribution in [-0.2, 0) is 0 Å². The fourth-order valence-corrected chi connectivity index (χ4v) is 2.88. The Bertz CT molecular complexity index is 468. The Kier molecular flexibility index (Phi) is 3.15. The molecule has 1 aromatic carbocycles. The molecule has 1 nitrogen and oxygen atoms in total. The summed E-state index contributed by atoms with van der Waals surface area (Å²) in [6.45, 7) is 3.81. The summed E-state index contributed by atoms with van der Waals surface area (Å²) in [5.74, 6) is 0.635. The van der Waals surface area contributed by atoms with Crippen molar-refractivity contribution in [3.05, 3.63) is 58.8 Å². The molecule has 1 heterocycles. The maximum absolute atomic E-state index is 13.2. The van der Waals surface area contributed by atoms with Crippen molar-refractivity contribution < 1.29 is 8.81 Å². The molecule has 0 aliphatic heterocycles. The van der Waals surface area contributed by atoms with Crippen molar-refractivity contribution in [1.29, 1.82) is 0 Å². The van der Waals surface area contributed by atoms with E-state index >= 15 is 0 Å². The van der Waals surface area contributed by atoms with Crippen LogP contribution in [0.4, 0.5) is 4.39 Å². The van der Waals surface area contributed by atoms with E-state index in [0.29, 0.717) is 0 Å². The minimum absolute atomic E-state index is 0.0249. The molecule has 2 rings (SSSR count). The molecule has 0 N–H and O–H groups in total. The molecule has 0 saturated carbocycles. The monoisotopic (exact) mass is 282 g/mol. The predicted octanol–water partition coefficient (Wildman–Crippen LogP) is 4.52. The van der Waals surface area contributed by atoms with E-state index in [1.807, 2.05) is 26.0 Å². The first-order valence-electron chi connectivity index (χ1n) is 5.03. The first-order valence-corrected chi connectivity index (χ1v) is 5.95. The van der Waals surface area contributed by atoms with Crippen LogP contribution in [0.15, 0.2) is 34.9 Å². The first kappa shape index (κ1) is 11.4. The van der Waals surface area contributed by atoms with Crippen LogP contribution in [0.1, 0.15) is 27.3 Å². The van der Waals surface area contributed by atoms with Crippen LogP contribution >= 0.6 is 15.9 Å². The number of furan rings is 1. The molecule has 0 fully saturated rings. The number of benzene rings is 1. The Morgan fingerprint density at radius 2 is 1.88 bits per heavy atom. The fraction of sp³-hybridized carbons (Fsp3) is 0.231. The summed E-state index contributed by atoms with van der Waals surface area (Å²) in [5, 5.41) is 0. The van der Waals surface area contributed by atoms with E-state index in [0.717, 1.165) is 22.5 Å². The van der Waals surface area contributed by atoms with E-state index in [9.17, 15) is 4.39 Å². The quantitative estimate of drug-likeness (QED) is 0.738. The third-order valence-electron chi connectivity index (χ3n) is 2.60. The smallest absolute Gasteiger partial charge is 0.123 e. The van der Waals surface area contributed by atoms with Gasteiger partial charge in [0.25, 0.3) is 0 Å². The van der Waals surface area contributed by atoms with Gasteiger partial charge < -0.3 is 4.42 Å². The van der Waals surface area contributed by atoms with Gasteiger partial charge >= 0.3 is 0 Å². The standard InChI is InChI=1S/C13H12BrFO/c1-8-6-10(15)7-9(2)12(8)13(14)11-4-3-5-16-11/h3-7,13H,1-2H3. The minimum Gasteiger partial charge on any atom is -0.468 e. The van der Waals surface area contributed by atoms with Crippen LogP contribution in [0.3, 0.4) is 0 Å².